The Morgan fingerprint density at radius 2 is 1.91 bits per heavy atom. The van der Waals surface area contributed by atoms with Gasteiger partial charge in [0.15, 0.2) is 0 Å². The number of ether oxygens (including phenoxy) is 1. The normalized spacial score (nSPS) is 15.2. The Kier molecular flexibility index (Phi) is 5.36. The number of aryl methyl sites for hydroxylation is 1. The molecule has 0 atom stereocenters. The summed E-state index contributed by atoms with van der Waals surface area (Å²) < 4.78 is 11.7. The molecule has 4 heteroatoms. The van der Waals surface area contributed by atoms with E-state index in [0.717, 1.165) is 30.9 Å². The predicted molar refractivity (Wildman–Crippen MR) is 89.2 cm³/mol. The van der Waals surface area contributed by atoms with Crippen LogP contribution in [0.25, 0.3) is 0 Å². The van der Waals surface area contributed by atoms with Crippen LogP contribution < -0.4 is 10.1 Å². The average molecular weight is 315 g/mol. The summed E-state index contributed by atoms with van der Waals surface area (Å²) in [6.45, 7) is 3.41. The number of rotatable bonds is 7. The number of aliphatic hydroxyl groups excluding tert-OH is 1. The van der Waals surface area contributed by atoms with Crippen molar-refractivity contribution in [3.63, 3.8) is 0 Å². The number of furan rings is 1. The van der Waals surface area contributed by atoms with Gasteiger partial charge in [-0.2, -0.15) is 0 Å². The van der Waals surface area contributed by atoms with E-state index < -0.39 is 0 Å². The quantitative estimate of drug-likeness (QED) is 0.818. The Bertz CT molecular complexity index is 629. The van der Waals surface area contributed by atoms with E-state index in [1.807, 2.05) is 6.07 Å². The number of nitrogens with one attached hydrogen (secondary N) is 1. The van der Waals surface area contributed by atoms with Crippen LogP contribution in [0.5, 0.6) is 5.75 Å². The third-order valence-electron chi connectivity index (χ3n) is 4.31. The fourth-order valence-corrected chi connectivity index (χ4v) is 3.03. The van der Waals surface area contributed by atoms with Crippen LogP contribution in [0.1, 0.15) is 48.3 Å². The SMILES string of the molecule is Cc1ccc(CNCc2ccc(CO)o2)c(OC2CCCC2)c1. The molecule has 23 heavy (non-hydrogen) atoms. The lowest BCUT2D eigenvalue weighted by atomic mass is 10.1. The lowest BCUT2D eigenvalue weighted by Gasteiger charge is -2.17. The molecule has 2 aromatic rings. The van der Waals surface area contributed by atoms with Gasteiger partial charge in [-0.25, -0.2) is 0 Å². The summed E-state index contributed by atoms with van der Waals surface area (Å²) in [6, 6.07) is 10.1. The fraction of sp³-hybridized carbons (Fsp3) is 0.474. The van der Waals surface area contributed by atoms with Crippen molar-refractivity contribution in [2.45, 2.75) is 58.4 Å². The third-order valence-corrected chi connectivity index (χ3v) is 4.31. The summed E-state index contributed by atoms with van der Waals surface area (Å²) in [7, 11) is 0. The molecule has 1 saturated carbocycles. The van der Waals surface area contributed by atoms with E-state index in [9.17, 15) is 0 Å². The number of hydrogen-bond donors (Lipinski definition) is 2. The summed E-state index contributed by atoms with van der Waals surface area (Å²) >= 11 is 0. The molecule has 1 aliphatic rings. The second kappa shape index (κ2) is 7.66. The molecule has 0 amide bonds. The van der Waals surface area contributed by atoms with Gasteiger partial charge in [0.1, 0.15) is 23.9 Å². The van der Waals surface area contributed by atoms with E-state index in [1.165, 1.54) is 24.0 Å². The highest BCUT2D eigenvalue weighted by Crippen LogP contribution is 2.27. The van der Waals surface area contributed by atoms with Gasteiger partial charge in [0.2, 0.25) is 0 Å². The van der Waals surface area contributed by atoms with Crippen LogP contribution in [0, 0.1) is 6.92 Å². The van der Waals surface area contributed by atoms with Crippen LogP contribution in [0.4, 0.5) is 0 Å². The maximum Gasteiger partial charge on any atom is 0.129 e. The van der Waals surface area contributed by atoms with Crippen LogP contribution >= 0.6 is 0 Å². The largest absolute Gasteiger partial charge is 0.490 e. The first-order valence-corrected chi connectivity index (χ1v) is 8.40. The van der Waals surface area contributed by atoms with E-state index in [1.54, 1.807) is 6.07 Å². The monoisotopic (exact) mass is 315 g/mol. The van der Waals surface area contributed by atoms with Gasteiger partial charge in [-0.1, -0.05) is 12.1 Å². The standard InChI is InChI=1S/C19H25NO3/c1-14-6-7-15(19(10-14)23-16-4-2-3-5-16)11-20-12-17-8-9-18(13-21)22-17/h6-10,16,20-21H,2-5,11-13H2,1H3. The fourth-order valence-electron chi connectivity index (χ4n) is 3.03. The second-order valence-corrected chi connectivity index (χ2v) is 6.27. The summed E-state index contributed by atoms with van der Waals surface area (Å²) in [6.07, 6.45) is 5.24. The summed E-state index contributed by atoms with van der Waals surface area (Å²) in [5.41, 5.74) is 2.40. The van der Waals surface area contributed by atoms with Crippen molar-refractivity contribution in [1.82, 2.24) is 5.32 Å². The average Bonchev–Trinajstić information content (AvgIpc) is 3.21. The van der Waals surface area contributed by atoms with Crippen molar-refractivity contribution in [2.75, 3.05) is 0 Å². The Hall–Kier alpha value is -1.78. The molecule has 1 aromatic carbocycles. The van der Waals surface area contributed by atoms with Gasteiger partial charge < -0.3 is 19.6 Å². The molecule has 0 radical (unpaired) electrons. The molecule has 0 spiro atoms. The van der Waals surface area contributed by atoms with Gasteiger partial charge in [0.25, 0.3) is 0 Å². The van der Waals surface area contributed by atoms with Crippen molar-refractivity contribution < 1.29 is 14.3 Å². The second-order valence-electron chi connectivity index (χ2n) is 6.27. The van der Waals surface area contributed by atoms with Crippen molar-refractivity contribution in [3.05, 3.63) is 53.0 Å². The molecule has 1 aliphatic carbocycles. The Morgan fingerprint density at radius 1 is 1.13 bits per heavy atom. The van der Waals surface area contributed by atoms with Crippen molar-refractivity contribution in [1.29, 1.82) is 0 Å². The van der Waals surface area contributed by atoms with Crippen molar-refractivity contribution in [3.8, 4) is 5.75 Å². The third kappa shape index (κ3) is 4.36. The van der Waals surface area contributed by atoms with Gasteiger partial charge in [0.05, 0.1) is 12.6 Å². The molecular weight excluding hydrogens is 290 g/mol. The number of hydrogen-bond acceptors (Lipinski definition) is 4. The summed E-state index contributed by atoms with van der Waals surface area (Å²) in [4.78, 5) is 0. The molecule has 1 aromatic heterocycles. The molecule has 0 bridgehead atoms. The van der Waals surface area contributed by atoms with Gasteiger partial charge in [-0.05, 0) is 56.4 Å². The van der Waals surface area contributed by atoms with E-state index in [-0.39, 0.29) is 6.61 Å². The van der Waals surface area contributed by atoms with E-state index >= 15 is 0 Å². The predicted octanol–water partition coefficient (Wildman–Crippen LogP) is 3.69. The van der Waals surface area contributed by atoms with Gasteiger partial charge in [-0.3, -0.25) is 0 Å². The van der Waals surface area contributed by atoms with Crippen LogP contribution in [0.3, 0.4) is 0 Å². The molecule has 124 valence electrons. The molecule has 1 heterocycles. The molecule has 2 N–H and O–H groups in total. The maximum atomic E-state index is 9.02. The molecule has 3 rings (SSSR count). The lowest BCUT2D eigenvalue weighted by Crippen LogP contribution is -2.16. The highest BCUT2D eigenvalue weighted by atomic mass is 16.5. The zero-order valence-corrected chi connectivity index (χ0v) is 13.7. The molecular formula is C19H25NO3. The molecule has 0 aliphatic heterocycles. The zero-order chi connectivity index (χ0) is 16.1. The van der Waals surface area contributed by atoms with Crippen molar-refractivity contribution >= 4 is 0 Å². The van der Waals surface area contributed by atoms with E-state index in [2.05, 4.69) is 30.4 Å². The molecule has 4 nitrogen and oxygen atoms in total. The Labute approximate surface area is 137 Å². The molecule has 0 unspecified atom stereocenters. The van der Waals surface area contributed by atoms with Gasteiger partial charge in [0, 0.05) is 12.1 Å². The first-order chi connectivity index (χ1) is 11.2. The smallest absolute Gasteiger partial charge is 0.129 e. The van der Waals surface area contributed by atoms with Crippen molar-refractivity contribution in [2.24, 2.45) is 0 Å². The van der Waals surface area contributed by atoms with Crippen LogP contribution in [-0.2, 0) is 19.7 Å². The number of benzene rings is 1. The minimum atomic E-state index is -0.0582. The highest BCUT2D eigenvalue weighted by molar-refractivity contribution is 5.37. The maximum absolute atomic E-state index is 9.02. The van der Waals surface area contributed by atoms with Gasteiger partial charge in [-0.15, -0.1) is 0 Å². The highest BCUT2D eigenvalue weighted by Gasteiger charge is 2.18. The summed E-state index contributed by atoms with van der Waals surface area (Å²) in [5, 5.41) is 12.4. The Morgan fingerprint density at radius 3 is 2.65 bits per heavy atom. The Balaban J connectivity index is 1.59. The topological polar surface area (TPSA) is 54.6 Å². The zero-order valence-electron chi connectivity index (χ0n) is 13.7. The molecule has 0 saturated heterocycles. The summed E-state index contributed by atoms with van der Waals surface area (Å²) in [5.74, 6) is 2.43. The number of aliphatic hydroxyl groups is 1. The van der Waals surface area contributed by atoms with Crippen LogP contribution in [-0.4, -0.2) is 11.2 Å². The minimum Gasteiger partial charge on any atom is -0.490 e. The first kappa shape index (κ1) is 16.1. The van der Waals surface area contributed by atoms with E-state index in [0.29, 0.717) is 18.4 Å². The lowest BCUT2D eigenvalue weighted by molar-refractivity contribution is 0.207. The van der Waals surface area contributed by atoms with Gasteiger partial charge >= 0.3 is 0 Å². The minimum absolute atomic E-state index is 0.0582. The van der Waals surface area contributed by atoms with Crippen LogP contribution in [0.2, 0.25) is 0 Å². The first-order valence-electron chi connectivity index (χ1n) is 8.40. The van der Waals surface area contributed by atoms with Crippen LogP contribution in [0.15, 0.2) is 34.7 Å². The van der Waals surface area contributed by atoms with E-state index in [4.69, 9.17) is 14.3 Å². The molecule has 1 fully saturated rings.